The van der Waals surface area contributed by atoms with Crippen molar-refractivity contribution >= 4 is 12.1 Å². The predicted octanol–water partition coefficient (Wildman–Crippen LogP) is 3.06. The van der Waals surface area contributed by atoms with E-state index in [1.807, 2.05) is 0 Å². The molecular formula is C17H22N2O2. The molecule has 2 atom stereocenters. The molecule has 0 aliphatic heterocycles. The highest BCUT2D eigenvalue weighted by molar-refractivity contribution is 5.85. The number of amides is 1. The molecule has 2 N–H and O–H groups in total. The maximum Gasteiger partial charge on any atom is 0.243 e. The molecule has 0 aromatic heterocycles. The SMILES string of the molecule is O=C(NN=Cc1ccc(O)cc1)C1[C@@H]2CCCCCC[C@@H]12. The number of phenols is 1. The fraction of sp³-hybridized carbons (Fsp3) is 0.529. The fourth-order valence-corrected chi connectivity index (χ4v) is 3.54. The summed E-state index contributed by atoms with van der Waals surface area (Å²) in [4.78, 5) is 12.2. The number of nitrogens with zero attached hydrogens (tertiary/aromatic N) is 1. The van der Waals surface area contributed by atoms with Crippen molar-refractivity contribution in [2.75, 3.05) is 0 Å². The molecule has 0 unspecified atom stereocenters. The van der Waals surface area contributed by atoms with Gasteiger partial charge in [0.1, 0.15) is 5.75 Å². The molecule has 2 aliphatic carbocycles. The van der Waals surface area contributed by atoms with Crippen molar-refractivity contribution < 1.29 is 9.90 Å². The van der Waals surface area contributed by atoms with Gasteiger partial charge < -0.3 is 5.11 Å². The van der Waals surface area contributed by atoms with Crippen molar-refractivity contribution in [1.82, 2.24) is 5.43 Å². The Morgan fingerprint density at radius 2 is 1.71 bits per heavy atom. The van der Waals surface area contributed by atoms with Crippen molar-refractivity contribution in [2.45, 2.75) is 38.5 Å². The molecule has 0 heterocycles. The molecule has 1 aromatic carbocycles. The predicted molar refractivity (Wildman–Crippen MR) is 82.0 cm³/mol. The van der Waals surface area contributed by atoms with E-state index in [0.29, 0.717) is 11.8 Å². The van der Waals surface area contributed by atoms with Crippen LogP contribution in [0.1, 0.15) is 44.1 Å². The minimum atomic E-state index is 0.0712. The molecule has 112 valence electrons. The van der Waals surface area contributed by atoms with Crippen LogP contribution in [-0.4, -0.2) is 17.2 Å². The highest BCUT2D eigenvalue weighted by Crippen LogP contribution is 2.53. The third-order valence-corrected chi connectivity index (χ3v) is 4.74. The lowest BCUT2D eigenvalue weighted by molar-refractivity contribution is -0.122. The Balaban J connectivity index is 1.51. The third kappa shape index (κ3) is 3.43. The van der Waals surface area contributed by atoms with Crippen LogP contribution >= 0.6 is 0 Å². The summed E-state index contributed by atoms with van der Waals surface area (Å²) < 4.78 is 0. The maximum absolute atomic E-state index is 12.2. The Bertz CT molecular complexity index is 510. The first-order valence-corrected chi connectivity index (χ1v) is 7.87. The van der Waals surface area contributed by atoms with Crippen LogP contribution in [-0.2, 0) is 4.79 Å². The van der Waals surface area contributed by atoms with Gasteiger partial charge in [0.15, 0.2) is 0 Å². The van der Waals surface area contributed by atoms with Gasteiger partial charge in [0, 0.05) is 5.92 Å². The fourth-order valence-electron chi connectivity index (χ4n) is 3.54. The number of carbonyl (C=O) groups excluding carboxylic acids is 1. The first-order valence-electron chi connectivity index (χ1n) is 7.87. The zero-order valence-corrected chi connectivity index (χ0v) is 12.2. The number of nitrogens with one attached hydrogen (secondary N) is 1. The lowest BCUT2D eigenvalue weighted by Gasteiger charge is -2.04. The molecule has 4 heteroatoms. The van der Waals surface area contributed by atoms with Gasteiger partial charge in [0.25, 0.3) is 0 Å². The van der Waals surface area contributed by atoms with E-state index in [9.17, 15) is 9.90 Å². The molecule has 0 spiro atoms. The van der Waals surface area contributed by atoms with Crippen LogP contribution in [0.4, 0.5) is 0 Å². The van der Waals surface area contributed by atoms with E-state index in [1.165, 1.54) is 38.5 Å². The third-order valence-electron chi connectivity index (χ3n) is 4.74. The number of phenolic OH excluding ortho intramolecular Hbond substituents is 1. The number of fused-ring (bicyclic) bond motifs is 1. The summed E-state index contributed by atoms with van der Waals surface area (Å²) in [5.74, 6) is 1.66. The van der Waals surface area contributed by atoms with Crippen LogP contribution in [0.3, 0.4) is 0 Å². The molecule has 21 heavy (non-hydrogen) atoms. The van der Waals surface area contributed by atoms with Gasteiger partial charge in [-0.25, -0.2) is 5.43 Å². The summed E-state index contributed by atoms with van der Waals surface area (Å²) in [6, 6.07) is 6.73. The minimum absolute atomic E-state index is 0.0712. The Hall–Kier alpha value is -1.84. The van der Waals surface area contributed by atoms with Crippen LogP contribution in [0.5, 0.6) is 5.75 Å². The number of aromatic hydroxyl groups is 1. The zero-order valence-electron chi connectivity index (χ0n) is 12.2. The standard InChI is InChI=1S/C17H22N2O2/c20-13-9-7-12(8-10-13)11-18-19-17(21)16-14-5-3-1-2-4-6-15(14)16/h7-11,14-16,20H,1-6H2,(H,19,21)/t14-,15-/m1/s1. The minimum Gasteiger partial charge on any atom is -0.508 e. The van der Waals surface area contributed by atoms with E-state index < -0.39 is 0 Å². The van der Waals surface area contributed by atoms with Crippen molar-refractivity contribution in [2.24, 2.45) is 22.9 Å². The van der Waals surface area contributed by atoms with E-state index in [2.05, 4.69) is 10.5 Å². The van der Waals surface area contributed by atoms with Gasteiger partial charge in [-0.2, -0.15) is 5.10 Å². The summed E-state index contributed by atoms with van der Waals surface area (Å²) in [7, 11) is 0. The van der Waals surface area contributed by atoms with E-state index in [-0.39, 0.29) is 17.6 Å². The first kappa shape index (κ1) is 14.1. The van der Waals surface area contributed by atoms with Crippen molar-refractivity contribution in [3.8, 4) is 5.75 Å². The van der Waals surface area contributed by atoms with Gasteiger partial charge in [0.2, 0.25) is 5.91 Å². The molecule has 1 aromatic rings. The molecule has 2 fully saturated rings. The van der Waals surface area contributed by atoms with E-state index >= 15 is 0 Å². The summed E-state index contributed by atoms with van der Waals surface area (Å²) >= 11 is 0. The Kier molecular flexibility index (Phi) is 4.23. The molecule has 1 amide bonds. The number of carbonyl (C=O) groups is 1. The number of rotatable bonds is 3. The molecule has 2 saturated carbocycles. The second-order valence-electron chi connectivity index (χ2n) is 6.17. The average molecular weight is 286 g/mol. The van der Waals surface area contributed by atoms with Gasteiger partial charge in [0.05, 0.1) is 6.21 Å². The van der Waals surface area contributed by atoms with E-state index in [1.54, 1.807) is 30.5 Å². The number of hydrogen-bond donors (Lipinski definition) is 2. The van der Waals surface area contributed by atoms with Gasteiger partial charge in [-0.1, -0.05) is 25.7 Å². The largest absolute Gasteiger partial charge is 0.508 e. The zero-order chi connectivity index (χ0) is 14.7. The van der Waals surface area contributed by atoms with E-state index in [0.717, 1.165) is 5.56 Å². The normalized spacial score (nSPS) is 28.5. The number of hydrazone groups is 1. The van der Waals surface area contributed by atoms with Gasteiger partial charge in [-0.15, -0.1) is 0 Å². The van der Waals surface area contributed by atoms with Crippen molar-refractivity contribution in [1.29, 1.82) is 0 Å². The Labute approximate surface area is 125 Å². The quantitative estimate of drug-likeness (QED) is 0.662. The summed E-state index contributed by atoms with van der Waals surface area (Å²) in [5, 5.41) is 13.2. The summed E-state index contributed by atoms with van der Waals surface area (Å²) in [5.41, 5.74) is 3.53. The number of hydrogen-bond acceptors (Lipinski definition) is 3. The van der Waals surface area contributed by atoms with Gasteiger partial charge >= 0.3 is 0 Å². The molecule has 4 nitrogen and oxygen atoms in total. The van der Waals surface area contributed by atoms with Crippen LogP contribution in [0.25, 0.3) is 0 Å². The van der Waals surface area contributed by atoms with Crippen LogP contribution in [0.15, 0.2) is 29.4 Å². The molecule has 0 bridgehead atoms. The topological polar surface area (TPSA) is 61.7 Å². The summed E-state index contributed by atoms with van der Waals surface area (Å²) in [6.45, 7) is 0. The van der Waals surface area contributed by atoms with Crippen LogP contribution in [0.2, 0.25) is 0 Å². The highest BCUT2D eigenvalue weighted by Gasteiger charge is 2.53. The molecule has 3 rings (SSSR count). The Morgan fingerprint density at radius 3 is 2.33 bits per heavy atom. The molecule has 0 radical (unpaired) electrons. The average Bonchev–Trinajstić information content (AvgIpc) is 3.12. The molecule has 0 saturated heterocycles. The second kappa shape index (κ2) is 6.29. The first-order chi connectivity index (χ1) is 10.3. The maximum atomic E-state index is 12.2. The van der Waals surface area contributed by atoms with E-state index in [4.69, 9.17) is 0 Å². The van der Waals surface area contributed by atoms with Crippen molar-refractivity contribution in [3.63, 3.8) is 0 Å². The molecule has 2 aliphatic rings. The second-order valence-corrected chi connectivity index (χ2v) is 6.17. The molecular weight excluding hydrogens is 264 g/mol. The van der Waals surface area contributed by atoms with Gasteiger partial charge in [-0.3, -0.25) is 4.79 Å². The van der Waals surface area contributed by atoms with Crippen molar-refractivity contribution in [3.05, 3.63) is 29.8 Å². The Morgan fingerprint density at radius 1 is 1.10 bits per heavy atom. The summed E-state index contributed by atoms with van der Waals surface area (Å²) in [6.07, 6.45) is 9.17. The lowest BCUT2D eigenvalue weighted by atomic mass is 10.0. The lowest BCUT2D eigenvalue weighted by Crippen LogP contribution is -2.21. The number of benzene rings is 1. The van der Waals surface area contributed by atoms with Gasteiger partial charge in [-0.05, 0) is 54.5 Å². The monoisotopic (exact) mass is 286 g/mol. The van der Waals surface area contributed by atoms with Crippen LogP contribution in [0, 0.1) is 17.8 Å². The van der Waals surface area contributed by atoms with Crippen LogP contribution < -0.4 is 5.43 Å². The highest BCUT2D eigenvalue weighted by atomic mass is 16.3. The smallest absolute Gasteiger partial charge is 0.243 e.